The fourth-order valence-electron chi connectivity index (χ4n) is 3.93. The number of benzene rings is 4. The van der Waals surface area contributed by atoms with Gasteiger partial charge in [-0.15, -0.1) is 13.2 Å². The van der Waals surface area contributed by atoms with Crippen LogP contribution in [0.2, 0.25) is 5.02 Å². The van der Waals surface area contributed by atoms with Crippen molar-refractivity contribution in [2.24, 2.45) is 0 Å². The van der Waals surface area contributed by atoms with Crippen LogP contribution in [-0.2, 0) is 0 Å². The van der Waals surface area contributed by atoms with Gasteiger partial charge in [-0.2, -0.15) is 0 Å². The molecule has 0 unspecified atom stereocenters. The van der Waals surface area contributed by atoms with E-state index in [1.165, 1.54) is 18.2 Å². The number of halogens is 4. The highest BCUT2D eigenvalue weighted by molar-refractivity contribution is 6.33. The number of nitrogens with zero attached hydrogens (tertiary/aromatic N) is 1. The summed E-state index contributed by atoms with van der Waals surface area (Å²) >= 11 is 6.20. The van der Waals surface area contributed by atoms with E-state index >= 15 is 0 Å². The number of rotatable bonds is 3. The number of ether oxygens (including phenoxy) is 1. The summed E-state index contributed by atoms with van der Waals surface area (Å²) in [5.41, 5.74) is 0.151. The number of fused-ring (bicyclic) bond motifs is 2. The molecule has 0 amide bonds. The lowest BCUT2D eigenvalue weighted by molar-refractivity contribution is -0.274. The standard InChI is InChI=1S/C25H14ClF3N2O3/c26-20-11-9-16(34-25(27,28)29)13-19(20)15-8-10-18-21(12-15)30-24(33)31(23(18)32)22-7-3-5-14-4-1-2-6-17(14)22/h1-13H,(H,30,33). The number of nitrogens with one attached hydrogen (secondary N) is 1. The maximum absolute atomic E-state index is 13.3. The van der Waals surface area contributed by atoms with Crippen LogP contribution >= 0.6 is 11.6 Å². The van der Waals surface area contributed by atoms with Crippen LogP contribution in [0.4, 0.5) is 13.2 Å². The largest absolute Gasteiger partial charge is 0.573 e. The number of hydrogen-bond donors (Lipinski definition) is 1. The molecule has 0 spiro atoms. The van der Waals surface area contributed by atoms with Gasteiger partial charge in [0.25, 0.3) is 5.56 Å². The molecule has 0 bridgehead atoms. The van der Waals surface area contributed by atoms with E-state index in [0.717, 1.165) is 27.5 Å². The molecule has 9 heteroatoms. The summed E-state index contributed by atoms with van der Waals surface area (Å²) in [5, 5.41) is 2.02. The van der Waals surface area contributed by atoms with Crippen LogP contribution in [-0.4, -0.2) is 15.9 Å². The van der Waals surface area contributed by atoms with E-state index in [-0.39, 0.29) is 21.5 Å². The van der Waals surface area contributed by atoms with Crippen molar-refractivity contribution in [3.63, 3.8) is 0 Å². The van der Waals surface area contributed by atoms with Gasteiger partial charge >= 0.3 is 12.1 Å². The van der Waals surface area contributed by atoms with Gasteiger partial charge in [-0.1, -0.05) is 54.1 Å². The Hall–Kier alpha value is -4.04. The molecule has 5 rings (SSSR count). The number of alkyl halides is 3. The monoisotopic (exact) mass is 482 g/mol. The highest BCUT2D eigenvalue weighted by Crippen LogP contribution is 2.34. The van der Waals surface area contributed by atoms with Gasteiger partial charge in [0.05, 0.1) is 16.6 Å². The van der Waals surface area contributed by atoms with Gasteiger partial charge in [0.2, 0.25) is 0 Å². The minimum Gasteiger partial charge on any atom is -0.406 e. The molecule has 0 saturated heterocycles. The topological polar surface area (TPSA) is 64.1 Å². The van der Waals surface area contributed by atoms with Crippen LogP contribution < -0.4 is 16.0 Å². The first-order chi connectivity index (χ1) is 16.2. The molecule has 0 radical (unpaired) electrons. The Kier molecular flexibility index (Phi) is 5.17. The third kappa shape index (κ3) is 3.92. The molecular weight excluding hydrogens is 469 g/mol. The summed E-state index contributed by atoms with van der Waals surface area (Å²) in [6.07, 6.45) is -4.85. The predicted octanol–water partition coefficient (Wildman–Crippen LogP) is 6.05. The van der Waals surface area contributed by atoms with E-state index < -0.39 is 23.4 Å². The van der Waals surface area contributed by atoms with Crippen molar-refractivity contribution in [3.05, 3.63) is 105 Å². The molecule has 5 nitrogen and oxygen atoms in total. The highest BCUT2D eigenvalue weighted by atomic mass is 35.5. The van der Waals surface area contributed by atoms with Crippen molar-refractivity contribution < 1.29 is 17.9 Å². The average Bonchev–Trinajstić information content (AvgIpc) is 2.79. The SMILES string of the molecule is O=c1[nH]c2cc(-c3cc(OC(F)(F)F)ccc3Cl)ccc2c(=O)n1-c1cccc2ccccc12. The summed E-state index contributed by atoms with van der Waals surface area (Å²) in [7, 11) is 0. The van der Waals surface area contributed by atoms with Crippen LogP contribution in [0.25, 0.3) is 38.5 Å². The third-order valence-corrected chi connectivity index (χ3v) is 5.72. The summed E-state index contributed by atoms with van der Waals surface area (Å²) in [6, 6.07) is 20.8. The van der Waals surface area contributed by atoms with Gasteiger partial charge in [-0.05, 0) is 47.3 Å². The van der Waals surface area contributed by atoms with Crippen LogP contribution in [0, 0.1) is 0 Å². The molecule has 1 aromatic heterocycles. The van der Waals surface area contributed by atoms with Crippen molar-refractivity contribution in [2.75, 3.05) is 0 Å². The van der Waals surface area contributed by atoms with Gasteiger partial charge in [0.1, 0.15) is 5.75 Å². The smallest absolute Gasteiger partial charge is 0.406 e. The van der Waals surface area contributed by atoms with Gasteiger partial charge < -0.3 is 9.72 Å². The zero-order valence-corrected chi connectivity index (χ0v) is 17.9. The Balaban J connectivity index is 1.67. The molecule has 0 atom stereocenters. The lowest BCUT2D eigenvalue weighted by Gasteiger charge is -2.13. The number of aromatic amines is 1. The Bertz CT molecular complexity index is 1680. The normalized spacial score (nSPS) is 11.8. The Morgan fingerprint density at radius 3 is 2.41 bits per heavy atom. The second kappa shape index (κ2) is 8.07. The average molecular weight is 483 g/mol. The minimum absolute atomic E-state index is 0.181. The van der Waals surface area contributed by atoms with E-state index in [0.29, 0.717) is 11.3 Å². The van der Waals surface area contributed by atoms with Crippen molar-refractivity contribution in [1.82, 2.24) is 9.55 Å². The number of H-pyrrole nitrogens is 1. The van der Waals surface area contributed by atoms with Crippen LogP contribution in [0.3, 0.4) is 0 Å². The molecule has 0 saturated carbocycles. The Labute approximate surface area is 194 Å². The molecule has 0 aliphatic rings. The lowest BCUT2D eigenvalue weighted by atomic mass is 10.0. The van der Waals surface area contributed by atoms with Gasteiger partial charge in [-0.3, -0.25) is 4.79 Å². The lowest BCUT2D eigenvalue weighted by Crippen LogP contribution is -2.33. The molecule has 34 heavy (non-hydrogen) atoms. The fourth-order valence-corrected chi connectivity index (χ4v) is 4.16. The van der Waals surface area contributed by atoms with Crippen LogP contribution in [0.1, 0.15) is 0 Å². The molecule has 0 aliphatic carbocycles. The summed E-state index contributed by atoms with van der Waals surface area (Å²) in [6.45, 7) is 0. The van der Waals surface area contributed by atoms with Crippen molar-refractivity contribution in [3.8, 4) is 22.6 Å². The molecule has 1 N–H and O–H groups in total. The van der Waals surface area contributed by atoms with Gasteiger partial charge in [0.15, 0.2) is 0 Å². The van der Waals surface area contributed by atoms with E-state index in [9.17, 15) is 22.8 Å². The molecule has 5 aromatic rings. The summed E-state index contributed by atoms with van der Waals surface area (Å²) < 4.78 is 42.9. The predicted molar refractivity (Wildman–Crippen MR) is 125 cm³/mol. The molecule has 1 heterocycles. The van der Waals surface area contributed by atoms with E-state index in [2.05, 4.69) is 9.72 Å². The molecular formula is C25H14ClF3N2O3. The highest BCUT2D eigenvalue weighted by Gasteiger charge is 2.31. The Morgan fingerprint density at radius 2 is 1.62 bits per heavy atom. The van der Waals surface area contributed by atoms with Gasteiger partial charge in [-0.25, -0.2) is 9.36 Å². The fraction of sp³-hybridized carbons (Fsp3) is 0.0400. The Morgan fingerprint density at radius 1 is 0.853 bits per heavy atom. The van der Waals surface area contributed by atoms with Gasteiger partial charge in [0, 0.05) is 16.0 Å². The first-order valence-corrected chi connectivity index (χ1v) is 10.4. The maximum Gasteiger partial charge on any atom is 0.573 e. The van der Waals surface area contributed by atoms with Crippen molar-refractivity contribution in [1.29, 1.82) is 0 Å². The summed E-state index contributed by atoms with van der Waals surface area (Å²) in [5.74, 6) is -0.438. The second-order valence-corrected chi connectivity index (χ2v) is 7.93. The van der Waals surface area contributed by atoms with Crippen molar-refractivity contribution in [2.45, 2.75) is 6.36 Å². The molecule has 170 valence electrons. The summed E-state index contributed by atoms with van der Waals surface area (Å²) in [4.78, 5) is 28.9. The zero-order chi connectivity index (χ0) is 24.0. The van der Waals surface area contributed by atoms with Crippen LogP contribution in [0.5, 0.6) is 5.75 Å². The van der Waals surface area contributed by atoms with E-state index in [1.54, 1.807) is 18.2 Å². The first-order valence-electron chi connectivity index (χ1n) is 10.0. The number of hydrogen-bond acceptors (Lipinski definition) is 3. The number of aromatic nitrogens is 2. The van der Waals surface area contributed by atoms with E-state index in [1.807, 2.05) is 30.3 Å². The van der Waals surface area contributed by atoms with Crippen LogP contribution in [0.15, 0.2) is 88.5 Å². The second-order valence-electron chi connectivity index (χ2n) is 7.52. The van der Waals surface area contributed by atoms with Crippen molar-refractivity contribution >= 4 is 33.3 Å². The zero-order valence-electron chi connectivity index (χ0n) is 17.2. The molecule has 0 aliphatic heterocycles. The maximum atomic E-state index is 13.3. The third-order valence-electron chi connectivity index (χ3n) is 5.39. The quantitative estimate of drug-likeness (QED) is 0.340. The molecule has 4 aromatic carbocycles. The molecule has 0 fully saturated rings. The first kappa shape index (κ1) is 21.8. The minimum atomic E-state index is -4.85. The van der Waals surface area contributed by atoms with E-state index in [4.69, 9.17) is 11.6 Å².